The van der Waals surface area contributed by atoms with E-state index in [1.807, 2.05) is 13.8 Å². The van der Waals surface area contributed by atoms with Gasteiger partial charge in [0.15, 0.2) is 5.69 Å². The van der Waals surface area contributed by atoms with E-state index in [1.165, 1.54) is 25.4 Å². The molecule has 0 atom stereocenters. The third-order valence-corrected chi connectivity index (χ3v) is 6.35. The Morgan fingerprint density at radius 1 is 1.09 bits per heavy atom. The van der Waals surface area contributed by atoms with Gasteiger partial charge in [0.2, 0.25) is 11.8 Å². The van der Waals surface area contributed by atoms with Crippen LogP contribution in [0.3, 0.4) is 0 Å². The number of rotatable bonds is 8. The third-order valence-electron chi connectivity index (χ3n) is 5.12. The minimum Gasteiger partial charge on any atom is -0.497 e. The van der Waals surface area contributed by atoms with Gasteiger partial charge in [-0.25, -0.2) is 4.79 Å². The number of benzene rings is 1. The Morgan fingerprint density at radius 2 is 1.82 bits per heavy atom. The SMILES string of the molecule is CCOC(=O)c1c(NC(C)=O)c2c(C)c(C)sc2n1CC(=O)Nc1ccc(OC)cc1OC. The van der Waals surface area contributed by atoms with Gasteiger partial charge in [-0.05, 0) is 38.5 Å². The molecule has 0 radical (unpaired) electrons. The number of fused-ring (bicyclic) bond motifs is 1. The summed E-state index contributed by atoms with van der Waals surface area (Å²) in [5.41, 5.74) is 1.88. The highest BCUT2D eigenvalue weighted by Gasteiger charge is 2.29. The first-order chi connectivity index (χ1) is 15.7. The van der Waals surface area contributed by atoms with Gasteiger partial charge in [0.05, 0.1) is 32.2 Å². The summed E-state index contributed by atoms with van der Waals surface area (Å²) >= 11 is 1.45. The summed E-state index contributed by atoms with van der Waals surface area (Å²) in [4.78, 5) is 39.6. The van der Waals surface area contributed by atoms with Crippen LogP contribution in [-0.4, -0.2) is 43.2 Å². The molecule has 176 valence electrons. The Labute approximate surface area is 195 Å². The number of nitrogens with one attached hydrogen (secondary N) is 2. The maximum atomic E-state index is 13.1. The fraction of sp³-hybridized carbons (Fsp3) is 0.348. The van der Waals surface area contributed by atoms with Crippen molar-refractivity contribution in [3.63, 3.8) is 0 Å². The summed E-state index contributed by atoms with van der Waals surface area (Å²) in [6, 6.07) is 5.04. The zero-order valence-corrected chi connectivity index (χ0v) is 20.3. The summed E-state index contributed by atoms with van der Waals surface area (Å²) in [6.07, 6.45) is 0. The van der Waals surface area contributed by atoms with Crippen molar-refractivity contribution >= 4 is 50.7 Å². The first kappa shape index (κ1) is 24.1. The van der Waals surface area contributed by atoms with E-state index >= 15 is 0 Å². The van der Waals surface area contributed by atoms with E-state index in [0.717, 1.165) is 15.8 Å². The number of carbonyl (C=O) groups excluding carboxylic acids is 3. The average molecular weight is 474 g/mol. The molecule has 0 saturated carbocycles. The van der Waals surface area contributed by atoms with Crippen LogP contribution < -0.4 is 20.1 Å². The number of amides is 2. The summed E-state index contributed by atoms with van der Waals surface area (Å²) in [6.45, 7) is 6.93. The van der Waals surface area contributed by atoms with Crippen LogP contribution in [0.4, 0.5) is 11.4 Å². The highest BCUT2D eigenvalue weighted by Crippen LogP contribution is 2.41. The number of hydrogen-bond acceptors (Lipinski definition) is 7. The van der Waals surface area contributed by atoms with Crippen LogP contribution in [0.2, 0.25) is 0 Å². The molecule has 2 amide bonds. The molecule has 3 rings (SSSR count). The minimum absolute atomic E-state index is 0.133. The molecule has 0 spiro atoms. The van der Waals surface area contributed by atoms with Crippen LogP contribution in [0.25, 0.3) is 10.2 Å². The van der Waals surface area contributed by atoms with Crippen molar-refractivity contribution in [2.24, 2.45) is 0 Å². The average Bonchev–Trinajstić information content (AvgIpc) is 3.21. The van der Waals surface area contributed by atoms with Crippen molar-refractivity contribution in [1.29, 1.82) is 0 Å². The number of aromatic nitrogens is 1. The number of carbonyl (C=O) groups is 3. The number of esters is 1. The van der Waals surface area contributed by atoms with Crippen molar-refractivity contribution in [3.05, 3.63) is 34.3 Å². The van der Waals surface area contributed by atoms with E-state index in [4.69, 9.17) is 14.2 Å². The number of nitrogens with zero attached hydrogens (tertiary/aromatic N) is 1. The number of hydrogen-bond donors (Lipinski definition) is 2. The van der Waals surface area contributed by atoms with E-state index in [-0.39, 0.29) is 30.7 Å². The Balaban J connectivity index is 2.07. The van der Waals surface area contributed by atoms with Crippen LogP contribution in [0.5, 0.6) is 11.5 Å². The molecule has 2 N–H and O–H groups in total. The van der Waals surface area contributed by atoms with Gasteiger partial charge in [0.25, 0.3) is 0 Å². The lowest BCUT2D eigenvalue weighted by Crippen LogP contribution is -2.23. The van der Waals surface area contributed by atoms with Crippen molar-refractivity contribution in [2.75, 3.05) is 31.5 Å². The molecule has 0 aliphatic heterocycles. The monoisotopic (exact) mass is 473 g/mol. The van der Waals surface area contributed by atoms with E-state index < -0.39 is 5.97 Å². The molecule has 0 aliphatic carbocycles. The van der Waals surface area contributed by atoms with Crippen molar-refractivity contribution in [3.8, 4) is 11.5 Å². The maximum absolute atomic E-state index is 13.1. The fourth-order valence-corrected chi connectivity index (χ4v) is 4.71. The van der Waals surface area contributed by atoms with E-state index in [0.29, 0.717) is 27.7 Å². The third kappa shape index (κ3) is 4.80. The normalized spacial score (nSPS) is 10.7. The van der Waals surface area contributed by atoms with Gasteiger partial charge in [-0.3, -0.25) is 9.59 Å². The van der Waals surface area contributed by atoms with Crippen LogP contribution in [0, 0.1) is 13.8 Å². The van der Waals surface area contributed by atoms with E-state index in [9.17, 15) is 14.4 Å². The molecule has 1 aromatic carbocycles. The van der Waals surface area contributed by atoms with Gasteiger partial charge in [0, 0.05) is 23.3 Å². The largest absolute Gasteiger partial charge is 0.497 e. The molecule has 2 heterocycles. The molecule has 0 unspecified atom stereocenters. The van der Waals surface area contributed by atoms with Crippen LogP contribution in [0.15, 0.2) is 18.2 Å². The molecule has 0 fully saturated rings. The molecule has 0 bridgehead atoms. The highest BCUT2D eigenvalue weighted by atomic mass is 32.1. The van der Waals surface area contributed by atoms with Gasteiger partial charge in [0.1, 0.15) is 22.9 Å². The summed E-state index contributed by atoms with van der Waals surface area (Å²) in [7, 11) is 3.04. The summed E-state index contributed by atoms with van der Waals surface area (Å²) in [5.74, 6) is -0.287. The molecule has 2 aromatic heterocycles. The molecular formula is C23H27N3O6S. The maximum Gasteiger partial charge on any atom is 0.357 e. The second kappa shape index (κ2) is 9.95. The number of aryl methyl sites for hydroxylation is 2. The molecule has 3 aromatic rings. The molecule has 9 nitrogen and oxygen atoms in total. The lowest BCUT2D eigenvalue weighted by molar-refractivity contribution is -0.116. The zero-order valence-electron chi connectivity index (χ0n) is 19.5. The van der Waals surface area contributed by atoms with Gasteiger partial charge < -0.3 is 29.4 Å². The first-order valence-electron chi connectivity index (χ1n) is 10.3. The molecule has 0 saturated heterocycles. The highest BCUT2D eigenvalue weighted by molar-refractivity contribution is 7.19. The number of thiophene rings is 1. The molecule has 0 aliphatic rings. The first-order valence-corrected chi connectivity index (χ1v) is 11.1. The minimum atomic E-state index is -0.614. The van der Waals surface area contributed by atoms with Crippen LogP contribution in [-0.2, 0) is 20.9 Å². The van der Waals surface area contributed by atoms with Gasteiger partial charge in [-0.15, -0.1) is 11.3 Å². The predicted molar refractivity (Wildman–Crippen MR) is 128 cm³/mol. The lowest BCUT2D eigenvalue weighted by Gasteiger charge is -2.14. The fourth-order valence-electron chi connectivity index (χ4n) is 3.54. The van der Waals surface area contributed by atoms with Crippen LogP contribution >= 0.6 is 11.3 Å². The van der Waals surface area contributed by atoms with Gasteiger partial charge in [-0.2, -0.15) is 0 Å². The Bertz CT molecular complexity index is 1230. The van der Waals surface area contributed by atoms with Crippen LogP contribution in [0.1, 0.15) is 34.8 Å². The number of anilines is 2. The predicted octanol–water partition coefficient (Wildman–Crippen LogP) is 4.11. The Morgan fingerprint density at radius 3 is 2.42 bits per heavy atom. The van der Waals surface area contributed by atoms with Crippen molar-refractivity contribution < 1.29 is 28.6 Å². The second-order valence-corrected chi connectivity index (χ2v) is 8.49. The topological polar surface area (TPSA) is 108 Å². The smallest absolute Gasteiger partial charge is 0.357 e. The number of ether oxygens (including phenoxy) is 3. The van der Waals surface area contributed by atoms with Gasteiger partial charge in [-0.1, -0.05) is 0 Å². The standard InChI is InChI=1S/C23H27N3O6S/c1-7-32-23(29)21-20(24-14(4)27)19-12(2)13(3)33-22(19)26(21)11-18(28)25-16-9-8-15(30-5)10-17(16)31-6/h8-10H,7,11H2,1-6H3,(H,24,27)(H,25,28). The zero-order chi connectivity index (χ0) is 24.3. The van der Waals surface area contributed by atoms with Crippen molar-refractivity contribution in [1.82, 2.24) is 4.57 Å². The van der Waals surface area contributed by atoms with E-state index in [2.05, 4.69) is 10.6 Å². The molecule has 33 heavy (non-hydrogen) atoms. The Hall–Kier alpha value is -3.53. The van der Waals surface area contributed by atoms with Crippen molar-refractivity contribution in [2.45, 2.75) is 34.2 Å². The Kier molecular flexibility index (Phi) is 7.27. The second-order valence-electron chi connectivity index (χ2n) is 7.29. The van der Waals surface area contributed by atoms with Gasteiger partial charge >= 0.3 is 5.97 Å². The quantitative estimate of drug-likeness (QED) is 0.477. The van der Waals surface area contributed by atoms with E-state index in [1.54, 1.807) is 36.8 Å². The summed E-state index contributed by atoms with van der Waals surface area (Å²) in [5, 5.41) is 6.31. The lowest BCUT2D eigenvalue weighted by atomic mass is 10.2. The number of methoxy groups -OCH3 is 2. The molecular weight excluding hydrogens is 446 g/mol. The summed E-state index contributed by atoms with van der Waals surface area (Å²) < 4.78 is 17.4. The molecule has 10 heteroatoms.